The number of nitrogens with one attached hydrogen (secondary N) is 2. The number of fused-ring (bicyclic) bond motifs is 1. The second-order valence-corrected chi connectivity index (χ2v) is 6.37. The molecule has 0 fully saturated rings. The van der Waals surface area contributed by atoms with Crippen molar-refractivity contribution in [2.24, 2.45) is 0 Å². The Hall–Kier alpha value is -1.10. The van der Waals surface area contributed by atoms with Crippen LogP contribution >= 0.6 is 22.7 Å². The van der Waals surface area contributed by atoms with Crippen molar-refractivity contribution >= 4 is 32.1 Å². The molecule has 2 N–H and O–H groups in total. The second kappa shape index (κ2) is 5.26. The Morgan fingerprint density at radius 1 is 1.33 bits per heavy atom. The molecule has 0 saturated heterocycles. The normalized spacial score (nSPS) is 13.2. The molecule has 2 nitrogen and oxygen atoms in total. The minimum absolute atomic E-state index is 0.296. The number of hydrogen-bond donors (Lipinski definition) is 2. The Morgan fingerprint density at radius 2 is 2.28 bits per heavy atom. The average molecular weight is 276 g/mol. The van der Waals surface area contributed by atoms with Crippen LogP contribution < -0.4 is 5.32 Å². The Labute approximate surface area is 115 Å². The summed E-state index contributed by atoms with van der Waals surface area (Å²) in [5.41, 5.74) is 1.25. The van der Waals surface area contributed by atoms with Gasteiger partial charge in [-0.2, -0.15) is 0 Å². The summed E-state index contributed by atoms with van der Waals surface area (Å²) in [6.07, 6.45) is 3.14. The lowest BCUT2D eigenvalue weighted by Gasteiger charge is -2.15. The van der Waals surface area contributed by atoms with Crippen molar-refractivity contribution in [3.63, 3.8) is 0 Å². The predicted octanol–water partition coefficient (Wildman–Crippen LogP) is 4.38. The molecule has 0 aromatic carbocycles. The van der Waals surface area contributed by atoms with E-state index in [9.17, 15) is 0 Å². The third kappa shape index (κ3) is 2.23. The number of rotatable bonds is 5. The smallest absolute Gasteiger partial charge is 0.0823 e. The number of hydrogen-bond acceptors (Lipinski definition) is 3. The minimum Gasteiger partial charge on any atom is -0.363 e. The van der Waals surface area contributed by atoms with Gasteiger partial charge in [-0.05, 0) is 42.6 Å². The summed E-state index contributed by atoms with van der Waals surface area (Å²) in [7, 11) is 0. The van der Waals surface area contributed by atoms with Crippen LogP contribution in [0.2, 0.25) is 0 Å². The molecule has 18 heavy (non-hydrogen) atoms. The minimum atomic E-state index is 0.296. The van der Waals surface area contributed by atoms with E-state index in [-0.39, 0.29) is 0 Å². The van der Waals surface area contributed by atoms with Crippen molar-refractivity contribution in [1.29, 1.82) is 0 Å². The van der Waals surface area contributed by atoms with Gasteiger partial charge in [-0.1, -0.05) is 6.92 Å². The van der Waals surface area contributed by atoms with E-state index in [1.165, 1.54) is 20.0 Å². The Kier molecular flexibility index (Phi) is 3.50. The van der Waals surface area contributed by atoms with E-state index in [1.807, 2.05) is 28.9 Å². The molecule has 3 aromatic rings. The lowest BCUT2D eigenvalue weighted by atomic mass is 10.1. The van der Waals surface area contributed by atoms with E-state index in [2.05, 4.69) is 46.9 Å². The van der Waals surface area contributed by atoms with E-state index in [0.717, 1.165) is 13.0 Å². The van der Waals surface area contributed by atoms with Gasteiger partial charge in [0, 0.05) is 26.2 Å². The molecule has 0 bridgehead atoms. The molecule has 94 valence electrons. The maximum absolute atomic E-state index is 3.62. The van der Waals surface area contributed by atoms with E-state index in [1.54, 1.807) is 0 Å². The molecule has 3 rings (SSSR count). The summed E-state index contributed by atoms with van der Waals surface area (Å²) in [6, 6.07) is 9.04. The summed E-state index contributed by atoms with van der Waals surface area (Å²) in [4.78, 5) is 4.72. The third-order valence-corrected chi connectivity index (χ3v) is 5.13. The van der Waals surface area contributed by atoms with Gasteiger partial charge >= 0.3 is 0 Å². The fourth-order valence-corrected chi connectivity index (χ4v) is 4.32. The van der Waals surface area contributed by atoms with Gasteiger partial charge in [-0.15, -0.1) is 22.7 Å². The summed E-state index contributed by atoms with van der Waals surface area (Å²) in [5, 5.41) is 5.78. The predicted molar refractivity (Wildman–Crippen MR) is 80.6 cm³/mol. The topological polar surface area (TPSA) is 27.8 Å². The molecular weight excluding hydrogens is 260 g/mol. The van der Waals surface area contributed by atoms with E-state index in [0.29, 0.717) is 6.04 Å². The van der Waals surface area contributed by atoms with E-state index < -0.39 is 0 Å². The zero-order valence-electron chi connectivity index (χ0n) is 10.3. The van der Waals surface area contributed by atoms with Crippen LogP contribution in [0.3, 0.4) is 0 Å². The van der Waals surface area contributed by atoms with Gasteiger partial charge in [0.25, 0.3) is 0 Å². The molecule has 0 radical (unpaired) electrons. The Morgan fingerprint density at radius 3 is 3.00 bits per heavy atom. The maximum Gasteiger partial charge on any atom is 0.0823 e. The lowest BCUT2D eigenvalue weighted by Crippen LogP contribution is -2.22. The summed E-state index contributed by atoms with van der Waals surface area (Å²) < 4.78 is 2.79. The first kappa shape index (κ1) is 12.0. The molecule has 4 heteroatoms. The van der Waals surface area contributed by atoms with Gasteiger partial charge in [-0.3, -0.25) is 0 Å². The highest BCUT2D eigenvalue weighted by Crippen LogP contribution is 2.35. The van der Waals surface area contributed by atoms with Crippen LogP contribution in [0.4, 0.5) is 0 Å². The quantitative estimate of drug-likeness (QED) is 0.711. The standard InChI is InChI=1S/C14H16N2S2/c1-2-6-16-14(10-4-3-7-15-10)13-9-12-11(18-13)5-8-17-12/h3-5,7-9,14-16H,2,6H2,1H3. The molecule has 0 aliphatic carbocycles. The highest BCUT2D eigenvalue weighted by Gasteiger charge is 2.17. The van der Waals surface area contributed by atoms with Crippen molar-refractivity contribution in [2.45, 2.75) is 19.4 Å². The van der Waals surface area contributed by atoms with Crippen LogP contribution in [0.5, 0.6) is 0 Å². The van der Waals surface area contributed by atoms with Crippen LogP contribution in [-0.2, 0) is 0 Å². The largest absolute Gasteiger partial charge is 0.363 e. The van der Waals surface area contributed by atoms with Crippen molar-refractivity contribution in [2.75, 3.05) is 6.54 Å². The molecule has 0 spiro atoms. The Bertz CT molecular complexity index is 578. The highest BCUT2D eigenvalue weighted by molar-refractivity contribution is 7.27. The van der Waals surface area contributed by atoms with Gasteiger partial charge in [-0.25, -0.2) is 0 Å². The zero-order valence-corrected chi connectivity index (χ0v) is 11.9. The second-order valence-electron chi connectivity index (χ2n) is 4.31. The van der Waals surface area contributed by atoms with Crippen molar-refractivity contribution < 1.29 is 0 Å². The fraction of sp³-hybridized carbons (Fsp3) is 0.286. The molecule has 0 aliphatic heterocycles. The van der Waals surface area contributed by atoms with Crippen LogP contribution in [0.25, 0.3) is 9.40 Å². The van der Waals surface area contributed by atoms with Crippen molar-refractivity contribution in [3.05, 3.63) is 46.4 Å². The van der Waals surface area contributed by atoms with Crippen LogP contribution in [0.1, 0.15) is 30.0 Å². The molecule has 1 unspecified atom stereocenters. The first-order valence-corrected chi connectivity index (χ1v) is 7.91. The monoisotopic (exact) mass is 276 g/mol. The van der Waals surface area contributed by atoms with Crippen LogP contribution in [0, 0.1) is 0 Å². The van der Waals surface area contributed by atoms with Crippen LogP contribution in [-0.4, -0.2) is 11.5 Å². The SMILES string of the molecule is CCCNC(c1ccc[nH]1)c1cc2sccc2s1. The summed E-state index contributed by atoms with van der Waals surface area (Å²) >= 11 is 3.71. The first-order valence-electron chi connectivity index (χ1n) is 6.22. The molecule has 3 heterocycles. The summed E-state index contributed by atoms with van der Waals surface area (Å²) in [6.45, 7) is 3.24. The molecular formula is C14H16N2S2. The molecule has 0 amide bonds. The molecule has 1 atom stereocenters. The Balaban J connectivity index is 1.95. The fourth-order valence-electron chi connectivity index (χ4n) is 2.10. The maximum atomic E-state index is 3.62. The number of H-pyrrole nitrogens is 1. The molecule has 0 saturated carbocycles. The van der Waals surface area contributed by atoms with Gasteiger partial charge in [0.05, 0.1) is 6.04 Å². The van der Waals surface area contributed by atoms with Gasteiger partial charge in [0.15, 0.2) is 0 Å². The van der Waals surface area contributed by atoms with Gasteiger partial charge in [0.2, 0.25) is 0 Å². The molecule has 3 aromatic heterocycles. The highest BCUT2D eigenvalue weighted by atomic mass is 32.1. The number of thiophene rings is 2. The van der Waals surface area contributed by atoms with E-state index in [4.69, 9.17) is 0 Å². The van der Waals surface area contributed by atoms with E-state index >= 15 is 0 Å². The number of aromatic amines is 1. The first-order chi connectivity index (χ1) is 8.88. The van der Waals surface area contributed by atoms with Crippen molar-refractivity contribution in [3.8, 4) is 0 Å². The lowest BCUT2D eigenvalue weighted by molar-refractivity contribution is 0.596. The van der Waals surface area contributed by atoms with Gasteiger partial charge < -0.3 is 10.3 Å². The third-order valence-electron chi connectivity index (χ3n) is 2.97. The van der Waals surface area contributed by atoms with Crippen LogP contribution in [0.15, 0.2) is 35.8 Å². The zero-order chi connectivity index (χ0) is 12.4. The van der Waals surface area contributed by atoms with Gasteiger partial charge in [0.1, 0.15) is 0 Å². The average Bonchev–Trinajstić information content (AvgIpc) is 3.05. The van der Waals surface area contributed by atoms with Crippen molar-refractivity contribution in [1.82, 2.24) is 10.3 Å². The summed E-state index contributed by atoms with van der Waals surface area (Å²) in [5.74, 6) is 0. The molecule has 0 aliphatic rings. The number of aromatic nitrogens is 1.